The van der Waals surface area contributed by atoms with Crippen molar-refractivity contribution in [3.63, 3.8) is 0 Å². The van der Waals surface area contributed by atoms with Gasteiger partial charge >= 0.3 is 0 Å². The number of hydrogen-bond donors (Lipinski definition) is 1. The highest BCUT2D eigenvalue weighted by Crippen LogP contribution is 2.23. The van der Waals surface area contributed by atoms with Crippen molar-refractivity contribution in [3.05, 3.63) is 50.6 Å². The van der Waals surface area contributed by atoms with Crippen molar-refractivity contribution in [2.75, 3.05) is 7.05 Å². The molecule has 3 aromatic rings. The average Bonchev–Trinajstić information content (AvgIpc) is 3.16. The van der Waals surface area contributed by atoms with Crippen LogP contribution in [0.4, 0.5) is 0 Å². The molecule has 1 aliphatic carbocycles. The van der Waals surface area contributed by atoms with Gasteiger partial charge in [0.25, 0.3) is 5.56 Å². The van der Waals surface area contributed by atoms with Gasteiger partial charge in [-0.25, -0.2) is 4.98 Å². The minimum atomic E-state index is -0.0182. The molecular weight excluding hydrogens is 298 g/mol. The molecule has 0 saturated carbocycles. The molecule has 114 valence electrons. The summed E-state index contributed by atoms with van der Waals surface area (Å²) < 4.78 is 1.58. The SMILES string of the molecule is CN(Cc1cc(=O)n2ccsc2n1)Cc1n[nH]c2c1CCC2. The largest absolute Gasteiger partial charge is 0.295 e. The lowest BCUT2D eigenvalue weighted by Crippen LogP contribution is -2.21. The third-order valence-corrected chi connectivity index (χ3v) is 4.86. The second-order valence-electron chi connectivity index (χ2n) is 5.79. The highest BCUT2D eigenvalue weighted by atomic mass is 32.1. The molecule has 4 rings (SSSR count). The van der Waals surface area contributed by atoms with Crippen molar-refractivity contribution in [2.24, 2.45) is 0 Å². The van der Waals surface area contributed by atoms with Crippen molar-refractivity contribution >= 4 is 16.3 Å². The van der Waals surface area contributed by atoms with Crippen LogP contribution in [-0.4, -0.2) is 31.5 Å². The maximum atomic E-state index is 12.0. The number of nitrogens with zero attached hydrogens (tertiary/aromatic N) is 4. The van der Waals surface area contributed by atoms with E-state index >= 15 is 0 Å². The van der Waals surface area contributed by atoms with Crippen molar-refractivity contribution in [1.82, 2.24) is 24.5 Å². The summed E-state index contributed by atoms with van der Waals surface area (Å²) >= 11 is 1.48. The van der Waals surface area contributed by atoms with Crippen molar-refractivity contribution < 1.29 is 0 Å². The van der Waals surface area contributed by atoms with Gasteiger partial charge < -0.3 is 0 Å². The van der Waals surface area contributed by atoms with Crippen LogP contribution in [0.2, 0.25) is 0 Å². The van der Waals surface area contributed by atoms with Crippen LogP contribution in [0, 0.1) is 0 Å². The first-order valence-corrected chi connectivity index (χ1v) is 8.28. The molecule has 1 N–H and O–H groups in total. The summed E-state index contributed by atoms with van der Waals surface area (Å²) in [5.74, 6) is 0. The Balaban J connectivity index is 1.53. The predicted octanol–water partition coefficient (Wildman–Crippen LogP) is 1.60. The minimum Gasteiger partial charge on any atom is -0.295 e. The Hall–Kier alpha value is -1.99. The highest BCUT2D eigenvalue weighted by Gasteiger charge is 2.19. The summed E-state index contributed by atoms with van der Waals surface area (Å²) in [4.78, 5) is 19.5. The van der Waals surface area contributed by atoms with Gasteiger partial charge in [-0.05, 0) is 31.9 Å². The molecule has 0 bridgehead atoms. The molecule has 22 heavy (non-hydrogen) atoms. The van der Waals surface area contributed by atoms with E-state index < -0.39 is 0 Å². The molecule has 1 aliphatic rings. The first-order chi connectivity index (χ1) is 10.7. The minimum absolute atomic E-state index is 0.0182. The lowest BCUT2D eigenvalue weighted by atomic mass is 10.2. The topological polar surface area (TPSA) is 66.3 Å². The molecule has 0 atom stereocenters. The average molecular weight is 315 g/mol. The van der Waals surface area contributed by atoms with E-state index in [4.69, 9.17) is 0 Å². The Kier molecular flexibility index (Phi) is 3.31. The summed E-state index contributed by atoms with van der Waals surface area (Å²) in [5.41, 5.74) is 4.59. The maximum Gasteiger partial charge on any atom is 0.258 e. The first kappa shape index (κ1) is 13.7. The van der Waals surface area contributed by atoms with Gasteiger partial charge in [0.15, 0.2) is 4.96 Å². The molecule has 6 nitrogen and oxygen atoms in total. The Bertz CT molecular complexity index is 878. The normalized spacial score (nSPS) is 14.1. The van der Waals surface area contributed by atoms with Crippen LogP contribution in [0.1, 0.15) is 29.1 Å². The van der Waals surface area contributed by atoms with E-state index in [2.05, 4.69) is 20.1 Å². The van der Waals surface area contributed by atoms with E-state index in [1.165, 1.54) is 29.0 Å². The van der Waals surface area contributed by atoms with Crippen LogP contribution in [0.5, 0.6) is 0 Å². The van der Waals surface area contributed by atoms with Gasteiger partial charge in [-0.2, -0.15) is 5.10 Å². The molecule has 0 aromatic carbocycles. The number of rotatable bonds is 4. The molecule has 0 saturated heterocycles. The van der Waals surface area contributed by atoms with Crippen LogP contribution < -0.4 is 5.56 Å². The fourth-order valence-corrected chi connectivity index (χ4v) is 3.81. The number of fused-ring (bicyclic) bond motifs is 2. The summed E-state index contributed by atoms with van der Waals surface area (Å²) in [5, 5.41) is 9.45. The molecule has 0 amide bonds. The van der Waals surface area contributed by atoms with E-state index in [1.54, 1.807) is 16.7 Å². The number of hydrogen-bond acceptors (Lipinski definition) is 5. The predicted molar refractivity (Wildman–Crippen MR) is 85.1 cm³/mol. The summed E-state index contributed by atoms with van der Waals surface area (Å²) in [6.45, 7) is 1.42. The molecule has 0 unspecified atom stereocenters. The van der Waals surface area contributed by atoms with E-state index in [0.29, 0.717) is 6.54 Å². The summed E-state index contributed by atoms with van der Waals surface area (Å²) in [7, 11) is 2.04. The third kappa shape index (κ3) is 2.36. The van der Waals surface area contributed by atoms with Gasteiger partial charge in [0.1, 0.15) is 0 Å². The van der Waals surface area contributed by atoms with Gasteiger partial charge in [0, 0.05) is 36.4 Å². The second-order valence-corrected chi connectivity index (χ2v) is 6.67. The number of thiazole rings is 1. The van der Waals surface area contributed by atoms with Crippen molar-refractivity contribution in [2.45, 2.75) is 32.4 Å². The third-order valence-electron chi connectivity index (χ3n) is 4.10. The van der Waals surface area contributed by atoms with E-state index in [-0.39, 0.29) is 5.56 Å². The van der Waals surface area contributed by atoms with Crippen molar-refractivity contribution in [3.8, 4) is 0 Å². The zero-order valence-electron chi connectivity index (χ0n) is 12.4. The smallest absolute Gasteiger partial charge is 0.258 e. The second kappa shape index (κ2) is 5.33. The molecule has 0 spiro atoms. The quantitative estimate of drug-likeness (QED) is 0.794. The van der Waals surface area contributed by atoms with Gasteiger partial charge in [0.2, 0.25) is 0 Å². The fourth-order valence-electron chi connectivity index (χ4n) is 3.08. The van der Waals surface area contributed by atoms with E-state index in [9.17, 15) is 4.79 Å². The van der Waals surface area contributed by atoms with E-state index in [0.717, 1.165) is 35.7 Å². The Morgan fingerprint density at radius 3 is 3.23 bits per heavy atom. The number of aromatic amines is 1. The molecule has 0 radical (unpaired) electrons. The highest BCUT2D eigenvalue weighted by molar-refractivity contribution is 7.15. The maximum absolute atomic E-state index is 12.0. The summed E-state index contributed by atoms with van der Waals surface area (Å²) in [6, 6.07) is 1.62. The first-order valence-electron chi connectivity index (χ1n) is 7.40. The van der Waals surface area contributed by atoms with Gasteiger partial charge in [-0.15, -0.1) is 11.3 Å². The zero-order chi connectivity index (χ0) is 15.1. The van der Waals surface area contributed by atoms with Gasteiger partial charge in [-0.3, -0.25) is 19.2 Å². The lowest BCUT2D eigenvalue weighted by Gasteiger charge is -2.15. The van der Waals surface area contributed by atoms with Crippen LogP contribution in [0.3, 0.4) is 0 Å². The molecule has 0 fully saturated rings. The van der Waals surface area contributed by atoms with Crippen molar-refractivity contribution in [1.29, 1.82) is 0 Å². The van der Waals surface area contributed by atoms with Gasteiger partial charge in [-0.1, -0.05) is 0 Å². The summed E-state index contributed by atoms with van der Waals surface area (Å²) in [6.07, 6.45) is 5.21. The number of aromatic nitrogens is 4. The number of aryl methyl sites for hydroxylation is 1. The van der Waals surface area contributed by atoms with Crippen LogP contribution in [0.25, 0.3) is 4.96 Å². The Morgan fingerprint density at radius 1 is 1.41 bits per heavy atom. The molecule has 0 aliphatic heterocycles. The van der Waals surface area contributed by atoms with Crippen LogP contribution >= 0.6 is 11.3 Å². The molecule has 3 heterocycles. The molecule has 3 aromatic heterocycles. The molecular formula is C15H17N5OS. The zero-order valence-corrected chi connectivity index (χ0v) is 13.2. The van der Waals surface area contributed by atoms with E-state index in [1.807, 2.05) is 12.4 Å². The molecule has 7 heteroatoms. The number of H-pyrrole nitrogens is 1. The van der Waals surface area contributed by atoms with Crippen LogP contribution in [0.15, 0.2) is 22.4 Å². The monoisotopic (exact) mass is 315 g/mol. The van der Waals surface area contributed by atoms with Crippen LogP contribution in [-0.2, 0) is 25.9 Å². The van der Waals surface area contributed by atoms with Gasteiger partial charge in [0.05, 0.1) is 11.4 Å². The lowest BCUT2D eigenvalue weighted by molar-refractivity contribution is 0.310. The standard InChI is InChI=1S/C15H17N5OS/c1-19(9-13-11-3-2-4-12(11)17-18-13)8-10-7-14(21)20-5-6-22-15(20)16-10/h5-7H,2-4,8-9H2,1H3,(H,17,18). The Morgan fingerprint density at radius 2 is 2.32 bits per heavy atom. The fraction of sp³-hybridized carbons (Fsp3) is 0.400. The number of nitrogens with one attached hydrogen (secondary N) is 1. The Labute approximate surface area is 131 Å².